The summed E-state index contributed by atoms with van der Waals surface area (Å²) in [5, 5.41) is 10.3. The van der Waals surface area contributed by atoms with E-state index in [1.54, 1.807) is 0 Å². The van der Waals surface area contributed by atoms with Crippen molar-refractivity contribution >= 4 is 5.91 Å². The van der Waals surface area contributed by atoms with Crippen LogP contribution < -0.4 is 0 Å². The topological polar surface area (TPSA) is 40.5 Å². The number of aliphatic hydroxyl groups is 1. The van der Waals surface area contributed by atoms with Crippen LogP contribution in [-0.4, -0.2) is 34.6 Å². The monoisotopic (exact) mass is 273 g/mol. The summed E-state index contributed by atoms with van der Waals surface area (Å²) in [5.74, 6) is 0.407. The van der Waals surface area contributed by atoms with E-state index in [9.17, 15) is 9.90 Å². The molecule has 2 aliphatic rings. The van der Waals surface area contributed by atoms with E-state index in [1.165, 1.54) is 6.42 Å². The van der Waals surface area contributed by atoms with Gasteiger partial charge < -0.3 is 10.0 Å². The van der Waals surface area contributed by atoms with Crippen LogP contribution in [0.3, 0.4) is 0 Å². The predicted octanol–water partition coefficient (Wildman–Crippen LogP) is 2.84. The summed E-state index contributed by atoms with van der Waals surface area (Å²) < 4.78 is 0. The van der Waals surface area contributed by atoms with Crippen molar-refractivity contribution in [1.82, 2.24) is 4.90 Å². The number of rotatable bonds is 2. The van der Waals surface area contributed by atoms with Gasteiger partial charge in [0.1, 0.15) is 0 Å². The van der Waals surface area contributed by atoms with Gasteiger partial charge in [0.2, 0.25) is 0 Å². The van der Waals surface area contributed by atoms with Gasteiger partial charge in [-0.25, -0.2) is 0 Å². The zero-order valence-corrected chi connectivity index (χ0v) is 11.9. The number of hydrogen-bond donors (Lipinski definition) is 1. The number of likely N-dealkylation sites (tertiary alicyclic amines) is 1. The first-order chi connectivity index (χ1) is 9.77. The fourth-order valence-corrected chi connectivity index (χ4v) is 3.83. The van der Waals surface area contributed by atoms with E-state index >= 15 is 0 Å². The van der Waals surface area contributed by atoms with Gasteiger partial charge in [0.15, 0.2) is 0 Å². The average molecular weight is 273 g/mol. The van der Waals surface area contributed by atoms with Gasteiger partial charge in [-0.1, -0.05) is 31.0 Å². The van der Waals surface area contributed by atoms with Crippen molar-refractivity contribution in [2.45, 2.75) is 50.7 Å². The highest BCUT2D eigenvalue weighted by atomic mass is 16.3. The lowest BCUT2D eigenvalue weighted by molar-refractivity contribution is 0.0211. The number of nitrogens with zero attached hydrogens (tertiary/aromatic N) is 1. The molecule has 3 nitrogen and oxygen atoms in total. The molecule has 108 valence electrons. The second-order valence-corrected chi connectivity index (χ2v) is 6.09. The average Bonchev–Trinajstić information content (AvgIpc) is 2.97. The third kappa shape index (κ3) is 2.59. The van der Waals surface area contributed by atoms with Crippen LogP contribution in [0.2, 0.25) is 0 Å². The molecular formula is C17H23NO2. The molecular weight excluding hydrogens is 250 g/mol. The van der Waals surface area contributed by atoms with Crippen LogP contribution >= 0.6 is 0 Å². The molecule has 1 aromatic carbocycles. The highest BCUT2D eigenvalue weighted by Gasteiger charge is 2.39. The molecule has 0 radical (unpaired) electrons. The summed E-state index contributed by atoms with van der Waals surface area (Å²) in [6.07, 6.45) is 6.15. The highest BCUT2D eigenvalue weighted by Crippen LogP contribution is 2.35. The third-order valence-corrected chi connectivity index (χ3v) is 4.86. The van der Waals surface area contributed by atoms with Crippen LogP contribution in [0, 0.1) is 5.92 Å². The molecule has 0 spiro atoms. The molecule has 2 fully saturated rings. The highest BCUT2D eigenvalue weighted by molar-refractivity contribution is 5.94. The molecule has 0 aromatic heterocycles. The molecule has 1 aliphatic heterocycles. The molecule has 1 aromatic rings. The van der Waals surface area contributed by atoms with Crippen molar-refractivity contribution in [2.75, 3.05) is 6.54 Å². The lowest BCUT2D eigenvalue weighted by atomic mass is 9.80. The van der Waals surface area contributed by atoms with E-state index in [0.29, 0.717) is 0 Å². The largest absolute Gasteiger partial charge is 0.393 e. The minimum absolute atomic E-state index is 0.130. The number of carbonyl (C=O) groups excluding carboxylic acids is 1. The second-order valence-electron chi connectivity index (χ2n) is 6.09. The summed E-state index contributed by atoms with van der Waals surface area (Å²) in [7, 11) is 0. The molecule has 3 unspecified atom stereocenters. The zero-order valence-electron chi connectivity index (χ0n) is 11.9. The first-order valence-electron chi connectivity index (χ1n) is 7.81. The molecule has 1 amide bonds. The molecule has 3 atom stereocenters. The smallest absolute Gasteiger partial charge is 0.254 e. The van der Waals surface area contributed by atoms with Crippen LogP contribution in [0.25, 0.3) is 0 Å². The van der Waals surface area contributed by atoms with E-state index in [2.05, 4.69) is 0 Å². The Morgan fingerprint density at radius 2 is 1.80 bits per heavy atom. The Morgan fingerprint density at radius 1 is 1.05 bits per heavy atom. The van der Waals surface area contributed by atoms with E-state index in [0.717, 1.165) is 44.2 Å². The molecule has 3 rings (SSSR count). The van der Waals surface area contributed by atoms with E-state index in [-0.39, 0.29) is 24.0 Å². The SMILES string of the molecule is O=C(c1ccccc1)N1CCCC1C1CCCCC1O. The minimum atomic E-state index is -0.224. The van der Waals surface area contributed by atoms with Gasteiger partial charge in [0.25, 0.3) is 5.91 Å². The second kappa shape index (κ2) is 5.96. The lowest BCUT2D eigenvalue weighted by Gasteiger charge is -2.37. The first kappa shape index (κ1) is 13.6. The fourth-order valence-electron chi connectivity index (χ4n) is 3.83. The normalized spacial score (nSPS) is 30.4. The van der Waals surface area contributed by atoms with Crippen molar-refractivity contribution in [1.29, 1.82) is 0 Å². The Kier molecular flexibility index (Phi) is 4.06. The van der Waals surface area contributed by atoms with Crippen molar-refractivity contribution in [3.63, 3.8) is 0 Å². The molecule has 1 heterocycles. The Bertz CT molecular complexity index is 459. The number of hydrogen-bond acceptors (Lipinski definition) is 2. The van der Waals surface area contributed by atoms with Crippen LogP contribution in [0.4, 0.5) is 0 Å². The van der Waals surface area contributed by atoms with Crippen LogP contribution in [0.1, 0.15) is 48.9 Å². The fraction of sp³-hybridized carbons (Fsp3) is 0.588. The van der Waals surface area contributed by atoms with Gasteiger partial charge in [0.05, 0.1) is 6.10 Å². The van der Waals surface area contributed by atoms with Gasteiger partial charge in [-0.3, -0.25) is 4.79 Å². The molecule has 20 heavy (non-hydrogen) atoms. The maximum absolute atomic E-state index is 12.7. The maximum Gasteiger partial charge on any atom is 0.254 e. The van der Waals surface area contributed by atoms with Gasteiger partial charge in [-0.15, -0.1) is 0 Å². The molecule has 1 N–H and O–H groups in total. The van der Waals surface area contributed by atoms with Crippen molar-refractivity contribution in [2.24, 2.45) is 5.92 Å². The third-order valence-electron chi connectivity index (χ3n) is 4.86. The van der Waals surface area contributed by atoms with Crippen molar-refractivity contribution in [3.05, 3.63) is 35.9 Å². The quantitative estimate of drug-likeness (QED) is 0.900. The number of amides is 1. The molecule has 3 heteroatoms. The zero-order chi connectivity index (χ0) is 13.9. The van der Waals surface area contributed by atoms with Crippen LogP contribution in [0.15, 0.2) is 30.3 Å². The Morgan fingerprint density at radius 3 is 2.55 bits per heavy atom. The summed E-state index contributed by atoms with van der Waals surface area (Å²) in [5.41, 5.74) is 0.768. The van der Waals surface area contributed by atoms with Crippen molar-refractivity contribution < 1.29 is 9.90 Å². The summed E-state index contributed by atoms with van der Waals surface area (Å²) in [6.45, 7) is 0.835. The standard InChI is InChI=1S/C17H23NO2/c19-16-11-5-4-9-14(16)15-10-6-12-18(15)17(20)13-7-2-1-3-8-13/h1-3,7-8,14-16,19H,4-6,9-12H2. The molecule has 0 bridgehead atoms. The van der Waals surface area contributed by atoms with Gasteiger partial charge >= 0.3 is 0 Å². The number of aliphatic hydroxyl groups excluding tert-OH is 1. The van der Waals surface area contributed by atoms with Crippen LogP contribution in [-0.2, 0) is 0 Å². The van der Waals surface area contributed by atoms with E-state index in [4.69, 9.17) is 0 Å². The van der Waals surface area contributed by atoms with Crippen LogP contribution in [0.5, 0.6) is 0 Å². The summed E-state index contributed by atoms with van der Waals surface area (Å²) in [6, 6.07) is 9.76. The van der Waals surface area contributed by atoms with Gasteiger partial charge in [0, 0.05) is 24.1 Å². The van der Waals surface area contributed by atoms with Crippen molar-refractivity contribution in [3.8, 4) is 0 Å². The molecule has 1 saturated heterocycles. The summed E-state index contributed by atoms with van der Waals surface area (Å²) in [4.78, 5) is 14.7. The maximum atomic E-state index is 12.7. The molecule has 1 saturated carbocycles. The molecule has 1 aliphatic carbocycles. The van der Waals surface area contributed by atoms with Gasteiger partial charge in [-0.05, 0) is 37.8 Å². The Balaban J connectivity index is 1.77. The lowest BCUT2D eigenvalue weighted by Crippen LogP contribution is -2.45. The Labute approximate surface area is 120 Å². The predicted molar refractivity (Wildman–Crippen MR) is 78.5 cm³/mol. The number of carbonyl (C=O) groups is 1. The van der Waals surface area contributed by atoms with Gasteiger partial charge in [-0.2, -0.15) is 0 Å². The number of benzene rings is 1. The minimum Gasteiger partial charge on any atom is -0.393 e. The Hall–Kier alpha value is -1.35. The first-order valence-corrected chi connectivity index (χ1v) is 7.81. The van der Waals surface area contributed by atoms with E-state index in [1.807, 2.05) is 35.2 Å². The van der Waals surface area contributed by atoms with E-state index < -0.39 is 0 Å². The summed E-state index contributed by atoms with van der Waals surface area (Å²) >= 11 is 0.